The standard InChI is InChI=1S/C30H32N6O2/c1-31-30(24-18-26(21-32-19-24)36(14-16-37)15-17-38)35-29-12-7-11-27(23-8-3-2-4-9-23)28(29)22-33-20-25-10-5-6-13-34-25/h2-13,18-19,21,33,37-38H,1,14-17,20,22H2. The molecule has 3 N–H and O–H groups in total. The van der Waals surface area contributed by atoms with Gasteiger partial charge in [-0.05, 0) is 47.7 Å². The van der Waals surface area contributed by atoms with E-state index in [1.807, 2.05) is 59.5 Å². The number of hydrogen-bond donors (Lipinski definition) is 3. The van der Waals surface area contributed by atoms with E-state index in [1.54, 1.807) is 18.6 Å². The lowest BCUT2D eigenvalue weighted by Gasteiger charge is -2.22. The molecular weight excluding hydrogens is 476 g/mol. The van der Waals surface area contributed by atoms with Crippen LogP contribution < -0.4 is 10.2 Å². The summed E-state index contributed by atoms with van der Waals surface area (Å²) in [5, 5.41) is 22.4. The number of amidine groups is 1. The summed E-state index contributed by atoms with van der Waals surface area (Å²) in [5.41, 5.74) is 6.39. The number of nitrogens with one attached hydrogen (secondary N) is 1. The van der Waals surface area contributed by atoms with Crippen molar-refractivity contribution in [2.75, 3.05) is 31.2 Å². The Balaban J connectivity index is 1.71. The van der Waals surface area contributed by atoms with Crippen LogP contribution in [-0.4, -0.2) is 59.0 Å². The minimum atomic E-state index is -0.0357. The lowest BCUT2D eigenvalue weighted by molar-refractivity contribution is 0.281. The van der Waals surface area contributed by atoms with E-state index < -0.39 is 0 Å². The SMILES string of the molecule is C=NC(=Nc1cccc(-c2ccccc2)c1CNCc1ccccn1)c1cncc(N(CCO)CCO)c1. The van der Waals surface area contributed by atoms with Crippen LogP contribution in [0.1, 0.15) is 16.8 Å². The molecule has 0 atom stereocenters. The van der Waals surface area contributed by atoms with Crippen LogP contribution in [0.4, 0.5) is 11.4 Å². The molecule has 2 heterocycles. The molecule has 0 radical (unpaired) electrons. The van der Waals surface area contributed by atoms with E-state index in [0.29, 0.717) is 37.6 Å². The molecule has 0 saturated carbocycles. The van der Waals surface area contributed by atoms with Gasteiger partial charge in [-0.25, -0.2) is 9.98 Å². The van der Waals surface area contributed by atoms with E-state index >= 15 is 0 Å². The van der Waals surface area contributed by atoms with Gasteiger partial charge >= 0.3 is 0 Å². The number of rotatable bonds is 12. The Bertz CT molecular complexity index is 1340. The highest BCUT2D eigenvalue weighted by atomic mass is 16.3. The molecule has 194 valence electrons. The second-order valence-corrected chi connectivity index (χ2v) is 8.55. The monoisotopic (exact) mass is 508 g/mol. The number of anilines is 1. The summed E-state index contributed by atoms with van der Waals surface area (Å²) in [6.45, 7) is 5.65. The molecule has 0 amide bonds. The molecule has 4 rings (SSSR count). The zero-order valence-electron chi connectivity index (χ0n) is 21.2. The Kier molecular flexibility index (Phi) is 9.81. The molecule has 0 aliphatic rings. The van der Waals surface area contributed by atoms with Crippen LogP contribution in [0.15, 0.2) is 101 Å². The van der Waals surface area contributed by atoms with Gasteiger partial charge in [0, 0.05) is 44.1 Å². The maximum atomic E-state index is 9.43. The summed E-state index contributed by atoms with van der Waals surface area (Å²) in [5.74, 6) is 0.434. The average Bonchev–Trinajstić information content (AvgIpc) is 2.97. The first-order valence-corrected chi connectivity index (χ1v) is 12.5. The van der Waals surface area contributed by atoms with Crippen LogP contribution in [0, 0.1) is 0 Å². The Morgan fingerprint density at radius 2 is 1.68 bits per heavy atom. The van der Waals surface area contributed by atoms with E-state index in [1.165, 1.54) is 0 Å². The van der Waals surface area contributed by atoms with Gasteiger partial charge in [0.25, 0.3) is 0 Å². The Hall–Kier alpha value is -4.24. The quantitative estimate of drug-likeness (QED) is 0.197. The van der Waals surface area contributed by atoms with Crippen LogP contribution in [0.3, 0.4) is 0 Å². The third-order valence-corrected chi connectivity index (χ3v) is 6.03. The van der Waals surface area contributed by atoms with E-state index in [9.17, 15) is 10.2 Å². The minimum absolute atomic E-state index is 0.0357. The van der Waals surface area contributed by atoms with Gasteiger partial charge in [-0.2, -0.15) is 0 Å². The molecule has 8 nitrogen and oxygen atoms in total. The maximum Gasteiger partial charge on any atom is 0.160 e. The molecule has 0 saturated heterocycles. The first-order chi connectivity index (χ1) is 18.7. The van der Waals surface area contributed by atoms with Gasteiger partial charge in [-0.15, -0.1) is 0 Å². The van der Waals surface area contributed by atoms with Crippen molar-refractivity contribution in [2.45, 2.75) is 13.1 Å². The summed E-state index contributed by atoms with van der Waals surface area (Å²) in [4.78, 5) is 19.8. The number of nitrogens with zero attached hydrogens (tertiary/aromatic N) is 5. The molecule has 2 aromatic carbocycles. The molecule has 0 fully saturated rings. The molecule has 0 spiro atoms. The Morgan fingerprint density at radius 3 is 2.39 bits per heavy atom. The first kappa shape index (κ1) is 26.8. The summed E-state index contributed by atoms with van der Waals surface area (Å²) < 4.78 is 0. The normalized spacial score (nSPS) is 11.4. The minimum Gasteiger partial charge on any atom is -0.395 e. The van der Waals surface area contributed by atoms with Crippen molar-refractivity contribution in [3.8, 4) is 11.1 Å². The fraction of sp³-hybridized carbons (Fsp3) is 0.200. The predicted molar refractivity (Wildman–Crippen MR) is 153 cm³/mol. The van der Waals surface area contributed by atoms with Crippen molar-refractivity contribution in [3.63, 3.8) is 0 Å². The topological polar surface area (TPSA) is 106 Å². The van der Waals surface area contributed by atoms with Gasteiger partial charge in [0.1, 0.15) is 0 Å². The van der Waals surface area contributed by atoms with E-state index in [-0.39, 0.29) is 13.2 Å². The number of aromatic nitrogens is 2. The van der Waals surface area contributed by atoms with E-state index in [4.69, 9.17) is 4.99 Å². The van der Waals surface area contributed by atoms with Crippen LogP contribution in [-0.2, 0) is 13.1 Å². The smallest absolute Gasteiger partial charge is 0.160 e. The fourth-order valence-corrected chi connectivity index (χ4v) is 4.21. The van der Waals surface area contributed by atoms with Gasteiger partial charge in [0.15, 0.2) is 5.84 Å². The molecule has 0 bridgehead atoms. The van der Waals surface area contributed by atoms with Gasteiger partial charge < -0.3 is 20.4 Å². The highest BCUT2D eigenvalue weighted by Gasteiger charge is 2.13. The van der Waals surface area contributed by atoms with E-state index in [2.05, 4.69) is 45.2 Å². The molecular formula is C30H32N6O2. The molecule has 4 aromatic rings. The third kappa shape index (κ3) is 6.95. The van der Waals surface area contributed by atoms with Gasteiger partial charge in [0.05, 0.1) is 36.5 Å². The summed E-state index contributed by atoms with van der Waals surface area (Å²) in [7, 11) is 0. The van der Waals surface area contributed by atoms with E-state index in [0.717, 1.165) is 33.8 Å². The van der Waals surface area contributed by atoms with Crippen LogP contribution >= 0.6 is 0 Å². The first-order valence-electron chi connectivity index (χ1n) is 12.5. The lowest BCUT2D eigenvalue weighted by Crippen LogP contribution is -2.29. The highest BCUT2D eigenvalue weighted by molar-refractivity contribution is 6.03. The summed E-state index contributed by atoms with van der Waals surface area (Å²) >= 11 is 0. The second kappa shape index (κ2) is 13.9. The fourth-order valence-electron chi connectivity index (χ4n) is 4.21. The number of pyridine rings is 2. The Labute approximate surface area is 223 Å². The number of aliphatic imine (C=N–C) groups is 2. The third-order valence-electron chi connectivity index (χ3n) is 6.03. The highest BCUT2D eigenvalue weighted by Crippen LogP contribution is 2.32. The van der Waals surface area contributed by atoms with Crippen molar-refractivity contribution < 1.29 is 10.2 Å². The van der Waals surface area contributed by atoms with Crippen LogP contribution in [0.5, 0.6) is 0 Å². The molecule has 8 heteroatoms. The summed E-state index contributed by atoms with van der Waals surface area (Å²) in [6.07, 6.45) is 5.17. The molecule has 2 aromatic heterocycles. The van der Waals surface area contributed by atoms with Crippen molar-refractivity contribution in [1.29, 1.82) is 0 Å². The van der Waals surface area contributed by atoms with Gasteiger partial charge in [-0.3, -0.25) is 9.97 Å². The number of aliphatic hydroxyl groups is 2. The van der Waals surface area contributed by atoms with Crippen molar-refractivity contribution in [3.05, 3.63) is 108 Å². The molecule has 0 aliphatic carbocycles. The van der Waals surface area contributed by atoms with Crippen LogP contribution in [0.2, 0.25) is 0 Å². The number of aliphatic hydroxyl groups excluding tert-OH is 2. The zero-order chi connectivity index (χ0) is 26.6. The number of benzene rings is 2. The average molecular weight is 509 g/mol. The predicted octanol–water partition coefficient (Wildman–Crippen LogP) is 4.00. The summed E-state index contributed by atoms with van der Waals surface area (Å²) in [6, 6.07) is 24.0. The van der Waals surface area contributed by atoms with Gasteiger partial charge in [-0.1, -0.05) is 48.5 Å². The molecule has 0 aliphatic heterocycles. The lowest BCUT2D eigenvalue weighted by atomic mass is 9.98. The zero-order valence-corrected chi connectivity index (χ0v) is 21.2. The Morgan fingerprint density at radius 1 is 0.895 bits per heavy atom. The number of hydrogen-bond acceptors (Lipinski definition) is 7. The van der Waals surface area contributed by atoms with Crippen molar-refractivity contribution >= 4 is 23.9 Å². The molecule has 0 unspecified atom stereocenters. The second-order valence-electron chi connectivity index (χ2n) is 8.55. The largest absolute Gasteiger partial charge is 0.395 e. The van der Waals surface area contributed by atoms with Gasteiger partial charge in [0.2, 0.25) is 0 Å². The molecule has 38 heavy (non-hydrogen) atoms. The van der Waals surface area contributed by atoms with Crippen molar-refractivity contribution in [1.82, 2.24) is 15.3 Å². The maximum absolute atomic E-state index is 9.43. The van der Waals surface area contributed by atoms with Crippen molar-refractivity contribution in [2.24, 2.45) is 9.98 Å². The van der Waals surface area contributed by atoms with Crippen LogP contribution in [0.25, 0.3) is 11.1 Å².